The Balaban J connectivity index is 1.43. The van der Waals surface area contributed by atoms with Gasteiger partial charge in [0.05, 0.1) is 38.2 Å². The molecular formula is C20H22N6O3. The number of aryl methyl sites for hydroxylation is 1. The van der Waals surface area contributed by atoms with Crippen molar-refractivity contribution in [3.05, 3.63) is 54.5 Å². The highest BCUT2D eigenvalue weighted by Crippen LogP contribution is 2.25. The molecule has 0 radical (unpaired) electrons. The first kappa shape index (κ1) is 19.0. The lowest BCUT2D eigenvalue weighted by molar-refractivity contribution is -0.139. The zero-order valence-electron chi connectivity index (χ0n) is 16.1. The maximum absolute atomic E-state index is 12.6. The first-order chi connectivity index (χ1) is 14.2. The van der Waals surface area contributed by atoms with E-state index in [9.17, 15) is 4.79 Å². The van der Waals surface area contributed by atoms with Crippen LogP contribution >= 0.6 is 0 Å². The minimum Gasteiger partial charge on any atom is -0.497 e. The summed E-state index contributed by atoms with van der Waals surface area (Å²) in [7, 11) is 1.64. The van der Waals surface area contributed by atoms with E-state index < -0.39 is 0 Å². The van der Waals surface area contributed by atoms with Gasteiger partial charge in [-0.3, -0.25) is 4.79 Å². The zero-order valence-corrected chi connectivity index (χ0v) is 16.1. The number of ether oxygens (including phenoxy) is 2. The number of hydrogen-bond donors (Lipinski definition) is 0. The third-order valence-electron chi connectivity index (χ3n) is 4.85. The highest BCUT2D eigenvalue weighted by Gasteiger charge is 2.26. The van der Waals surface area contributed by atoms with E-state index >= 15 is 0 Å². The van der Waals surface area contributed by atoms with E-state index in [-0.39, 0.29) is 12.0 Å². The summed E-state index contributed by atoms with van der Waals surface area (Å²) in [5.74, 6) is 0.858. The van der Waals surface area contributed by atoms with Gasteiger partial charge in [-0.1, -0.05) is 6.07 Å². The first-order valence-electron chi connectivity index (χ1n) is 9.44. The Morgan fingerprint density at radius 3 is 2.86 bits per heavy atom. The summed E-state index contributed by atoms with van der Waals surface area (Å²) in [6.07, 6.45) is 1.60. The average molecular weight is 394 g/mol. The minimum absolute atomic E-state index is 0.0557. The largest absolute Gasteiger partial charge is 0.497 e. The van der Waals surface area contributed by atoms with Crippen LogP contribution in [0.1, 0.15) is 18.2 Å². The Kier molecular flexibility index (Phi) is 5.76. The minimum atomic E-state index is -0.251. The molecule has 4 rings (SSSR count). The number of nitrogens with zero attached hydrogens (tertiary/aromatic N) is 6. The van der Waals surface area contributed by atoms with E-state index in [0.717, 1.165) is 22.7 Å². The van der Waals surface area contributed by atoms with Crippen LogP contribution in [-0.4, -0.2) is 62.8 Å². The predicted octanol–water partition coefficient (Wildman–Crippen LogP) is 1.73. The van der Waals surface area contributed by atoms with Gasteiger partial charge in [-0.15, -0.1) is 5.10 Å². The van der Waals surface area contributed by atoms with Crippen LogP contribution in [-0.2, 0) is 16.1 Å². The second-order valence-corrected chi connectivity index (χ2v) is 6.70. The predicted molar refractivity (Wildman–Crippen MR) is 104 cm³/mol. The molecule has 1 saturated heterocycles. The molecule has 0 N–H and O–H groups in total. The number of rotatable bonds is 6. The summed E-state index contributed by atoms with van der Waals surface area (Å²) in [5, 5.41) is 10.9. The molecule has 150 valence electrons. The monoisotopic (exact) mass is 394 g/mol. The van der Waals surface area contributed by atoms with Crippen LogP contribution < -0.4 is 4.74 Å². The molecule has 0 saturated carbocycles. The molecule has 1 amide bonds. The van der Waals surface area contributed by atoms with Crippen LogP contribution in [0, 0.1) is 0 Å². The number of benzene rings is 1. The molecule has 1 aromatic carbocycles. The van der Waals surface area contributed by atoms with Crippen molar-refractivity contribution in [1.82, 2.24) is 30.1 Å². The van der Waals surface area contributed by atoms with Crippen molar-refractivity contribution in [2.75, 3.05) is 26.8 Å². The quantitative estimate of drug-likeness (QED) is 0.628. The van der Waals surface area contributed by atoms with E-state index in [2.05, 4.69) is 15.5 Å². The van der Waals surface area contributed by atoms with Gasteiger partial charge in [0.2, 0.25) is 5.91 Å². The number of pyridine rings is 1. The van der Waals surface area contributed by atoms with Crippen molar-refractivity contribution in [2.24, 2.45) is 0 Å². The maximum Gasteiger partial charge on any atom is 0.224 e. The van der Waals surface area contributed by atoms with Crippen LogP contribution in [0.5, 0.6) is 5.75 Å². The molecule has 1 aliphatic rings. The molecule has 1 fully saturated rings. The molecular weight excluding hydrogens is 372 g/mol. The van der Waals surface area contributed by atoms with E-state index in [1.807, 2.05) is 47.4 Å². The highest BCUT2D eigenvalue weighted by molar-refractivity contribution is 5.76. The van der Waals surface area contributed by atoms with Crippen LogP contribution in [0.4, 0.5) is 0 Å². The molecule has 1 atom stereocenters. The van der Waals surface area contributed by atoms with E-state index in [1.165, 1.54) is 6.33 Å². The molecule has 2 aromatic heterocycles. The van der Waals surface area contributed by atoms with Gasteiger partial charge in [0, 0.05) is 18.5 Å². The number of morpholine rings is 1. The molecule has 0 unspecified atom stereocenters. The number of carbonyl (C=O) groups is 1. The molecule has 9 heteroatoms. The number of tetrazole rings is 1. The van der Waals surface area contributed by atoms with Crippen molar-refractivity contribution >= 4 is 5.91 Å². The van der Waals surface area contributed by atoms with Crippen molar-refractivity contribution in [1.29, 1.82) is 0 Å². The summed E-state index contributed by atoms with van der Waals surface area (Å²) in [4.78, 5) is 19.2. The van der Waals surface area contributed by atoms with Gasteiger partial charge in [0.1, 0.15) is 18.2 Å². The molecule has 3 aromatic rings. The smallest absolute Gasteiger partial charge is 0.224 e. The Morgan fingerprint density at radius 2 is 2.10 bits per heavy atom. The first-order valence-corrected chi connectivity index (χ1v) is 9.44. The number of amides is 1. The van der Waals surface area contributed by atoms with Crippen molar-refractivity contribution in [3.8, 4) is 17.0 Å². The van der Waals surface area contributed by atoms with Gasteiger partial charge >= 0.3 is 0 Å². The highest BCUT2D eigenvalue weighted by atomic mass is 16.5. The van der Waals surface area contributed by atoms with Gasteiger partial charge in [-0.25, -0.2) is 9.67 Å². The Labute approximate surface area is 168 Å². The lowest BCUT2D eigenvalue weighted by atomic mass is 10.1. The summed E-state index contributed by atoms with van der Waals surface area (Å²) in [6, 6.07) is 13.6. The fourth-order valence-corrected chi connectivity index (χ4v) is 3.26. The van der Waals surface area contributed by atoms with Crippen LogP contribution in [0.25, 0.3) is 11.3 Å². The normalized spacial score (nSPS) is 16.6. The van der Waals surface area contributed by atoms with Crippen molar-refractivity contribution in [3.63, 3.8) is 0 Å². The Morgan fingerprint density at radius 1 is 1.24 bits per heavy atom. The second-order valence-electron chi connectivity index (χ2n) is 6.70. The lowest BCUT2D eigenvalue weighted by Crippen LogP contribution is -2.42. The molecule has 29 heavy (non-hydrogen) atoms. The third-order valence-corrected chi connectivity index (χ3v) is 4.85. The topological polar surface area (TPSA) is 95.3 Å². The Bertz CT molecular complexity index is 945. The molecule has 3 heterocycles. The van der Waals surface area contributed by atoms with Crippen LogP contribution in [0.3, 0.4) is 0 Å². The summed E-state index contributed by atoms with van der Waals surface area (Å²) in [6.45, 7) is 1.99. The van der Waals surface area contributed by atoms with Gasteiger partial charge < -0.3 is 14.4 Å². The molecule has 9 nitrogen and oxygen atoms in total. The number of aromatic nitrogens is 5. The SMILES string of the molecule is COc1ccc(-c2cccc([C@H]3CN(C(=O)CCn4cnnn4)CCO3)n2)cc1. The zero-order chi connectivity index (χ0) is 20.1. The van der Waals surface area contributed by atoms with Gasteiger partial charge in [-0.05, 0) is 46.8 Å². The lowest BCUT2D eigenvalue weighted by Gasteiger charge is -2.33. The average Bonchev–Trinajstić information content (AvgIpc) is 3.31. The van der Waals surface area contributed by atoms with Gasteiger partial charge in [0.15, 0.2) is 0 Å². The fourth-order valence-electron chi connectivity index (χ4n) is 3.26. The van der Waals surface area contributed by atoms with E-state index in [4.69, 9.17) is 14.5 Å². The van der Waals surface area contributed by atoms with Crippen LogP contribution in [0.2, 0.25) is 0 Å². The van der Waals surface area contributed by atoms with E-state index in [1.54, 1.807) is 11.8 Å². The third kappa shape index (κ3) is 4.57. The molecule has 0 bridgehead atoms. The maximum atomic E-state index is 12.6. The summed E-state index contributed by atoms with van der Waals surface area (Å²) >= 11 is 0. The summed E-state index contributed by atoms with van der Waals surface area (Å²) < 4.78 is 12.7. The standard InChI is InChI=1S/C20H22N6O3/c1-28-16-7-5-15(6-8-16)17-3-2-4-18(22-17)19-13-25(11-12-29-19)20(27)9-10-26-14-21-23-24-26/h2-8,14,19H,9-13H2,1H3/t19-/m1/s1. The molecule has 0 spiro atoms. The van der Waals surface area contributed by atoms with E-state index in [0.29, 0.717) is 32.7 Å². The second kappa shape index (κ2) is 8.78. The fraction of sp³-hybridized carbons (Fsp3) is 0.350. The van der Waals surface area contributed by atoms with Gasteiger partial charge in [-0.2, -0.15) is 0 Å². The Hall–Kier alpha value is -3.33. The van der Waals surface area contributed by atoms with Gasteiger partial charge in [0.25, 0.3) is 0 Å². The van der Waals surface area contributed by atoms with Crippen molar-refractivity contribution in [2.45, 2.75) is 19.1 Å². The van der Waals surface area contributed by atoms with Crippen LogP contribution in [0.15, 0.2) is 48.8 Å². The molecule has 0 aliphatic carbocycles. The molecule has 1 aliphatic heterocycles. The number of methoxy groups -OCH3 is 1. The van der Waals surface area contributed by atoms with Crippen molar-refractivity contribution < 1.29 is 14.3 Å². The summed E-state index contributed by atoms with van der Waals surface area (Å²) in [5.41, 5.74) is 2.67. The number of carbonyl (C=O) groups excluding carboxylic acids is 1. The number of hydrogen-bond acceptors (Lipinski definition) is 7.